The van der Waals surface area contributed by atoms with Crippen LogP contribution >= 0.6 is 0 Å². The highest BCUT2D eigenvalue weighted by Crippen LogP contribution is 2.25. The maximum Gasteiger partial charge on any atom is 0.415 e. The van der Waals surface area contributed by atoms with Crippen molar-refractivity contribution in [2.24, 2.45) is 0 Å². The first-order chi connectivity index (χ1) is 13.0. The fraction of sp³-hybridized carbons (Fsp3) is 0.333. The minimum Gasteiger partial charge on any atom is -0.496 e. The first kappa shape index (κ1) is 18.8. The van der Waals surface area contributed by atoms with Gasteiger partial charge in [-0.15, -0.1) is 0 Å². The number of methoxy groups -OCH3 is 1. The first-order valence-electron chi connectivity index (χ1n) is 8.96. The fourth-order valence-corrected chi connectivity index (χ4v) is 3.17. The van der Waals surface area contributed by atoms with E-state index in [0.717, 1.165) is 16.9 Å². The first-order valence-corrected chi connectivity index (χ1v) is 8.96. The van der Waals surface area contributed by atoms with E-state index in [-0.39, 0.29) is 12.0 Å². The topological polar surface area (TPSA) is 59.1 Å². The Morgan fingerprint density at radius 2 is 1.48 bits per heavy atom. The summed E-state index contributed by atoms with van der Waals surface area (Å²) in [6, 6.07) is 12.6. The second-order valence-corrected chi connectivity index (χ2v) is 6.53. The molecular formula is C21H24N2O4. The molecule has 1 saturated heterocycles. The highest BCUT2D eigenvalue weighted by Gasteiger charge is 2.27. The zero-order valence-corrected chi connectivity index (χ0v) is 15.9. The average Bonchev–Trinajstić information content (AvgIpc) is 2.70. The van der Waals surface area contributed by atoms with Gasteiger partial charge in [0.05, 0.1) is 7.11 Å². The summed E-state index contributed by atoms with van der Waals surface area (Å²) >= 11 is 0. The fourth-order valence-electron chi connectivity index (χ4n) is 3.17. The Hall–Kier alpha value is -3.02. The molecule has 2 aromatic carbocycles. The molecule has 1 aliphatic heterocycles. The lowest BCUT2D eigenvalue weighted by molar-refractivity contribution is 0.0632. The number of benzene rings is 2. The summed E-state index contributed by atoms with van der Waals surface area (Å²) in [6.07, 6.45) is -0.384. The van der Waals surface area contributed by atoms with E-state index < -0.39 is 0 Å². The van der Waals surface area contributed by atoms with Crippen molar-refractivity contribution < 1.29 is 19.1 Å². The number of carbonyl (C=O) groups is 2. The summed E-state index contributed by atoms with van der Waals surface area (Å²) in [5.41, 5.74) is 2.56. The van der Waals surface area contributed by atoms with Crippen molar-refractivity contribution in [3.05, 3.63) is 59.2 Å². The molecule has 6 heteroatoms. The Morgan fingerprint density at radius 1 is 0.852 bits per heavy atom. The number of rotatable bonds is 3. The highest BCUT2D eigenvalue weighted by molar-refractivity contribution is 5.96. The lowest BCUT2D eigenvalue weighted by atomic mass is 10.0. The Morgan fingerprint density at radius 3 is 2.11 bits per heavy atom. The van der Waals surface area contributed by atoms with Crippen molar-refractivity contribution in [3.63, 3.8) is 0 Å². The van der Waals surface area contributed by atoms with Crippen LogP contribution in [0.3, 0.4) is 0 Å². The molecule has 2 amide bonds. The number of nitrogens with zero attached hydrogens (tertiary/aromatic N) is 2. The summed E-state index contributed by atoms with van der Waals surface area (Å²) in [5, 5.41) is 0. The van der Waals surface area contributed by atoms with E-state index in [1.54, 1.807) is 35.1 Å². The van der Waals surface area contributed by atoms with Gasteiger partial charge in [-0.25, -0.2) is 4.79 Å². The number of carbonyl (C=O) groups excluding carboxylic acids is 2. The largest absolute Gasteiger partial charge is 0.496 e. The molecule has 0 aromatic heterocycles. The molecule has 0 saturated carbocycles. The minimum atomic E-state index is -0.384. The van der Waals surface area contributed by atoms with Crippen molar-refractivity contribution in [1.29, 1.82) is 0 Å². The van der Waals surface area contributed by atoms with E-state index in [9.17, 15) is 9.59 Å². The minimum absolute atomic E-state index is 0.0191. The summed E-state index contributed by atoms with van der Waals surface area (Å²) in [6.45, 7) is 5.73. The highest BCUT2D eigenvalue weighted by atomic mass is 16.6. The average molecular weight is 368 g/mol. The molecule has 0 atom stereocenters. The predicted octanol–water partition coefficient (Wildman–Crippen LogP) is 3.27. The van der Waals surface area contributed by atoms with Crippen LogP contribution in [-0.4, -0.2) is 55.1 Å². The molecule has 0 unspecified atom stereocenters. The maximum atomic E-state index is 12.9. The molecular weight excluding hydrogens is 344 g/mol. The predicted molar refractivity (Wildman–Crippen MR) is 102 cm³/mol. The Bertz CT molecular complexity index is 828. The van der Waals surface area contributed by atoms with E-state index in [1.807, 2.05) is 38.1 Å². The summed E-state index contributed by atoms with van der Waals surface area (Å²) in [4.78, 5) is 28.6. The van der Waals surface area contributed by atoms with E-state index >= 15 is 0 Å². The van der Waals surface area contributed by atoms with Gasteiger partial charge in [0.2, 0.25) is 0 Å². The zero-order chi connectivity index (χ0) is 19.4. The van der Waals surface area contributed by atoms with Crippen LogP contribution in [0, 0.1) is 13.8 Å². The summed E-state index contributed by atoms with van der Waals surface area (Å²) < 4.78 is 10.7. The molecule has 3 rings (SSSR count). The van der Waals surface area contributed by atoms with Crippen LogP contribution in [0.4, 0.5) is 4.79 Å². The van der Waals surface area contributed by atoms with Crippen molar-refractivity contribution in [2.45, 2.75) is 13.8 Å². The van der Waals surface area contributed by atoms with Gasteiger partial charge < -0.3 is 19.3 Å². The van der Waals surface area contributed by atoms with Crippen molar-refractivity contribution >= 4 is 12.0 Å². The number of para-hydroxylation sites is 1. The van der Waals surface area contributed by atoms with E-state index in [4.69, 9.17) is 9.47 Å². The summed E-state index contributed by atoms with van der Waals surface area (Å²) in [5.74, 6) is 1.28. The molecule has 2 aromatic rings. The molecule has 27 heavy (non-hydrogen) atoms. The Balaban J connectivity index is 1.61. The molecule has 1 fully saturated rings. The third-order valence-electron chi connectivity index (χ3n) is 4.96. The lowest BCUT2D eigenvalue weighted by Gasteiger charge is -2.34. The molecule has 0 N–H and O–H groups in total. The maximum absolute atomic E-state index is 12.9. The smallest absolute Gasteiger partial charge is 0.415 e. The van der Waals surface area contributed by atoms with Crippen LogP contribution in [0.15, 0.2) is 42.5 Å². The molecule has 1 aliphatic rings. The van der Waals surface area contributed by atoms with E-state index in [1.165, 1.54) is 0 Å². The Kier molecular flexibility index (Phi) is 5.64. The van der Waals surface area contributed by atoms with E-state index in [2.05, 4.69) is 0 Å². The van der Waals surface area contributed by atoms with Gasteiger partial charge >= 0.3 is 6.09 Å². The molecule has 0 spiro atoms. The number of hydrogen-bond acceptors (Lipinski definition) is 4. The van der Waals surface area contributed by atoms with Crippen LogP contribution in [0.1, 0.15) is 21.5 Å². The number of piperazine rings is 1. The molecule has 0 bridgehead atoms. The van der Waals surface area contributed by atoms with Gasteiger partial charge in [-0.05, 0) is 49.2 Å². The summed E-state index contributed by atoms with van der Waals surface area (Å²) in [7, 11) is 1.62. The second kappa shape index (κ2) is 8.12. The second-order valence-electron chi connectivity index (χ2n) is 6.53. The van der Waals surface area contributed by atoms with E-state index in [0.29, 0.717) is 37.5 Å². The van der Waals surface area contributed by atoms with Crippen LogP contribution in [0.25, 0.3) is 0 Å². The molecule has 142 valence electrons. The van der Waals surface area contributed by atoms with Gasteiger partial charge in [-0.1, -0.05) is 18.2 Å². The standard InChI is InChI=1S/C21H24N2O4/c1-15-16(2)19(26-3)10-9-18(15)20(24)22-11-13-23(14-12-22)21(25)27-17-7-5-4-6-8-17/h4-10H,11-14H2,1-3H3. The van der Waals surface area contributed by atoms with Gasteiger partial charge in [0.1, 0.15) is 11.5 Å². The van der Waals surface area contributed by atoms with Crippen LogP contribution in [0.2, 0.25) is 0 Å². The van der Waals surface area contributed by atoms with Gasteiger partial charge in [0.25, 0.3) is 5.91 Å². The SMILES string of the molecule is COc1ccc(C(=O)N2CCN(C(=O)Oc3ccccc3)CC2)c(C)c1C. The van der Waals surface area contributed by atoms with Crippen LogP contribution in [-0.2, 0) is 0 Å². The number of hydrogen-bond donors (Lipinski definition) is 0. The normalized spacial score (nSPS) is 14.0. The third-order valence-corrected chi connectivity index (χ3v) is 4.96. The monoisotopic (exact) mass is 368 g/mol. The molecule has 1 heterocycles. The van der Waals surface area contributed by atoms with Gasteiger partial charge in [0, 0.05) is 31.7 Å². The molecule has 6 nitrogen and oxygen atoms in total. The Labute approximate surface area is 159 Å². The van der Waals surface area contributed by atoms with Crippen molar-refractivity contribution in [2.75, 3.05) is 33.3 Å². The molecule has 0 aliphatic carbocycles. The van der Waals surface area contributed by atoms with Crippen LogP contribution < -0.4 is 9.47 Å². The quantitative estimate of drug-likeness (QED) is 0.834. The van der Waals surface area contributed by atoms with Gasteiger partial charge in [-0.3, -0.25) is 4.79 Å². The lowest BCUT2D eigenvalue weighted by Crippen LogP contribution is -2.51. The van der Waals surface area contributed by atoms with Crippen LogP contribution in [0.5, 0.6) is 11.5 Å². The van der Waals surface area contributed by atoms with Gasteiger partial charge in [-0.2, -0.15) is 0 Å². The van der Waals surface area contributed by atoms with Crippen molar-refractivity contribution in [3.8, 4) is 11.5 Å². The van der Waals surface area contributed by atoms with Gasteiger partial charge in [0.15, 0.2) is 0 Å². The molecule has 0 radical (unpaired) electrons. The zero-order valence-electron chi connectivity index (χ0n) is 15.9. The number of amides is 2. The van der Waals surface area contributed by atoms with Crippen molar-refractivity contribution in [1.82, 2.24) is 9.80 Å². The number of ether oxygens (including phenoxy) is 2. The third kappa shape index (κ3) is 4.05.